The third-order valence-corrected chi connectivity index (χ3v) is 4.26. The number of hydrogen-bond donors (Lipinski definition) is 1. The van der Waals surface area contributed by atoms with Gasteiger partial charge >= 0.3 is 5.97 Å². The highest BCUT2D eigenvalue weighted by molar-refractivity contribution is 5.97. The summed E-state index contributed by atoms with van der Waals surface area (Å²) >= 11 is 0. The van der Waals surface area contributed by atoms with Crippen molar-refractivity contribution in [3.8, 4) is 0 Å². The number of rotatable bonds is 5. The molecule has 0 saturated carbocycles. The first-order chi connectivity index (χ1) is 13.4. The van der Waals surface area contributed by atoms with Crippen molar-refractivity contribution < 1.29 is 27.8 Å². The summed E-state index contributed by atoms with van der Waals surface area (Å²) in [6.45, 7) is 4.34. The number of esters is 1. The quantitative estimate of drug-likeness (QED) is 0.795. The number of hydrogen-bond acceptors (Lipinski definition) is 5. The van der Waals surface area contributed by atoms with Gasteiger partial charge < -0.3 is 19.7 Å². The van der Waals surface area contributed by atoms with Gasteiger partial charge in [0.25, 0.3) is 5.91 Å². The van der Waals surface area contributed by atoms with Crippen LogP contribution in [0.15, 0.2) is 42.5 Å². The van der Waals surface area contributed by atoms with Crippen LogP contribution in [0.5, 0.6) is 0 Å². The van der Waals surface area contributed by atoms with E-state index in [1.54, 1.807) is 12.1 Å². The molecule has 1 atom stereocenters. The van der Waals surface area contributed by atoms with Crippen molar-refractivity contribution in [2.45, 2.75) is 13.0 Å². The number of anilines is 2. The van der Waals surface area contributed by atoms with Crippen molar-refractivity contribution in [3.63, 3.8) is 0 Å². The fourth-order valence-corrected chi connectivity index (χ4v) is 2.77. The van der Waals surface area contributed by atoms with Crippen LogP contribution < -0.4 is 10.2 Å². The van der Waals surface area contributed by atoms with E-state index in [-0.39, 0.29) is 5.56 Å². The molecule has 1 saturated heterocycles. The largest absolute Gasteiger partial charge is 0.449 e. The Hall–Kier alpha value is -3.00. The number of amides is 1. The minimum Gasteiger partial charge on any atom is -0.449 e. The van der Waals surface area contributed by atoms with E-state index in [1.807, 2.05) is 12.1 Å². The number of nitrogens with one attached hydrogen (secondary N) is 1. The molecule has 1 aliphatic rings. The number of nitrogens with zero attached hydrogens (tertiary/aromatic N) is 1. The molecule has 0 radical (unpaired) electrons. The van der Waals surface area contributed by atoms with Crippen molar-refractivity contribution in [2.75, 3.05) is 36.5 Å². The molecular weight excluding hydrogens is 370 g/mol. The van der Waals surface area contributed by atoms with Gasteiger partial charge in [0.15, 0.2) is 6.10 Å². The van der Waals surface area contributed by atoms with Gasteiger partial charge in [0.2, 0.25) is 0 Å². The number of carbonyl (C=O) groups is 2. The van der Waals surface area contributed by atoms with Crippen LogP contribution in [-0.2, 0) is 14.3 Å². The number of benzene rings is 2. The van der Waals surface area contributed by atoms with E-state index in [2.05, 4.69) is 10.2 Å². The second kappa shape index (κ2) is 8.79. The van der Waals surface area contributed by atoms with E-state index in [0.717, 1.165) is 30.9 Å². The predicted octanol–water partition coefficient (Wildman–Crippen LogP) is 2.99. The Balaban J connectivity index is 1.56. The molecule has 0 spiro atoms. The van der Waals surface area contributed by atoms with Gasteiger partial charge in [-0.05, 0) is 43.3 Å². The molecule has 1 fully saturated rings. The van der Waals surface area contributed by atoms with Crippen molar-refractivity contribution in [2.24, 2.45) is 0 Å². The lowest BCUT2D eigenvalue weighted by Gasteiger charge is -2.28. The van der Waals surface area contributed by atoms with Crippen molar-refractivity contribution in [1.29, 1.82) is 0 Å². The molecule has 0 aromatic heterocycles. The zero-order chi connectivity index (χ0) is 20.1. The first-order valence-corrected chi connectivity index (χ1v) is 8.83. The SMILES string of the molecule is C[C@H](OC(=O)c1cc(F)cc(F)c1)C(=O)Nc1ccc(N2CCOCC2)cc1. The van der Waals surface area contributed by atoms with E-state index < -0.39 is 29.6 Å². The zero-order valence-electron chi connectivity index (χ0n) is 15.3. The summed E-state index contributed by atoms with van der Waals surface area (Å²) in [7, 11) is 0. The van der Waals surface area contributed by atoms with Gasteiger partial charge in [-0.1, -0.05) is 0 Å². The van der Waals surface area contributed by atoms with Crippen LogP contribution in [-0.4, -0.2) is 44.3 Å². The standard InChI is InChI=1S/C20H20F2N2O4/c1-13(28-20(26)14-10-15(21)12-16(22)11-14)19(25)23-17-2-4-18(5-3-17)24-6-8-27-9-7-24/h2-5,10-13H,6-9H2,1H3,(H,23,25)/t13-/m0/s1. The zero-order valence-corrected chi connectivity index (χ0v) is 15.3. The summed E-state index contributed by atoms with van der Waals surface area (Å²) in [5.41, 5.74) is 1.27. The first-order valence-electron chi connectivity index (χ1n) is 8.83. The Labute approximate surface area is 161 Å². The molecule has 0 bridgehead atoms. The molecule has 148 valence electrons. The van der Waals surface area contributed by atoms with Crippen LogP contribution in [0.3, 0.4) is 0 Å². The minimum atomic E-state index is -1.14. The Morgan fingerprint density at radius 3 is 2.29 bits per heavy atom. The fraction of sp³-hybridized carbons (Fsp3) is 0.300. The normalized spacial score (nSPS) is 15.0. The van der Waals surface area contributed by atoms with Gasteiger partial charge in [0.1, 0.15) is 11.6 Å². The lowest BCUT2D eigenvalue weighted by atomic mass is 10.2. The van der Waals surface area contributed by atoms with Crippen molar-refractivity contribution in [1.82, 2.24) is 0 Å². The van der Waals surface area contributed by atoms with Gasteiger partial charge in [-0.2, -0.15) is 0 Å². The average molecular weight is 390 g/mol. The molecule has 1 amide bonds. The Morgan fingerprint density at radius 2 is 1.68 bits per heavy atom. The average Bonchev–Trinajstić information content (AvgIpc) is 2.68. The molecule has 0 aliphatic carbocycles. The molecule has 8 heteroatoms. The van der Waals surface area contributed by atoms with Gasteiger partial charge in [-0.25, -0.2) is 13.6 Å². The molecule has 3 rings (SSSR count). The van der Waals surface area contributed by atoms with E-state index in [4.69, 9.17) is 9.47 Å². The van der Waals surface area contributed by atoms with E-state index in [1.165, 1.54) is 6.92 Å². The number of carbonyl (C=O) groups excluding carboxylic acids is 2. The maximum atomic E-state index is 13.2. The molecule has 0 unspecified atom stereocenters. The van der Waals surface area contributed by atoms with Gasteiger partial charge in [-0.15, -0.1) is 0 Å². The molecule has 1 aliphatic heterocycles. The second-order valence-electron chi connectivity index (χ2n) is 6.34. The van der Waals surface area contributed by atoms with Crippen molar-refractivity contribution >= 4 is 23.3 Å². The molecular formula is C20H20F2N2O4. The molecule has 2 aromatic carbocycles. The maximum absolute atomic E-state index is 13.2. The Bertz CT molecular complexity index is 832. The third kappa shape index (κ3) is 5.04. The van der Waals surface area contributed by atoms with Crippen LogP contribution >= 0.6 is 0 Å². The summed E-state index contributed by atoms with van der Waals surface area (Å²) < 4.78 is 36.7. The van der Waals surface area contributed by atoms with Crippen LogP contribution in [0.2, 0.25) is 0 Å². The molecule has 28 heavy (non-hydrogen) atoms. The first kappa shape index (κ1) is 19.8. The van der Waals surface area contributed by atoms with Crippen LogP contribution in [0, 0.1) is 11.6 Å². The Morgan fingerprint density at radius 1 is 1.07 bits per heavy atom. The predicted molar refractivity (Wildman–Crippen MR) is 99.3 cm³/mol. The number of morpholine rings is 1. The van der Waals surface area contributed by atoms with Crippen molar-refractivity contribution in [3.05, 3.63) is 59.7 Å². The van der Waals surface area contributed by atoms with Gasteiger partial charge in [0.05, 0.1) is 18.8 Å². The summed E-state index contributed by atoms with van der Waals surface area (Å²) in [5, 5.41) is 2.64. The monoisotopic (exact) mass is 390 g/mol. The summed E-state index contributed by atoms with van der Waals surface area (Å²) in [5.74, 6) is -3.33. The van der Waals surface area contributed by atoms with Gasteiger partial charge in [0, 0.05) is 30.5 Å². The lowest BCUT2D eigenvalue weighted by molar-refractivity contribution is -0.123. The number of ether oxygens (including phenoxy) is 2. The van der Waals surface area contributed by atoms with E-state index >= 15 is 0 Å². The summed E-state index contributed by atoms with van der Waals surface area (Å²) in [6, 6.07) is 9.60. The van der Waals surface area contributed by atoms with Crippen LogP contribution in [0.1, 0.15) is 17.3 Å². The highest BCUT2D eigenvalue weighted by Crippen LogP contribution is 2.19. The van der Waals surface area contributed by atoms with Crippen LogP contribution in [0.4, 0.5) is 20.2 Å². The number of halogens is 2. The Kier molecular flexibility index (Phi) is 6.20. The minimum absolute atomic E-state index is 0.299. The van der Waals surface area contributed by atoms with E-state index in [0.29, 0.717) is 25.0 Å². The molecule has 2 aromatic rings. The highest BCUT2D eigenvalue weighted by atomic mass is 19.1. The molecule has 1 heterocycles. The lowest BCUT2D eigenvalue weighted by Crippen LogP contribution is -2.36. The topological polar surface area (TPSA) is 67.9 Å². The molecule has 6 nitrogen and oxygen atoms in total. The fourth-order valence-electron chi connectivity index (χ4n) is 2.77. The highest BCUT2D eigenvalue weighted by Gasteiger charge is 2.20. The van der Waals surface area contributed by atoms with Crippen LogP contribution in [0.25, 0.3) is 0 Å². The van der Waals surface area contributed by atoms with Gasteiger partial charge in [-0.3, -0.25) is 4.79 Å². The maximum Gasteiger partial charge on any atom is 0.339 e. The van der Waals surface area contributed by atoms with E-state index in [9.17, 15) is 18.4 Å². The second-order valence-corrected chi connectivity index (χ2v) is 6.34. The smallest absolute Gasteiger partial charge is 0.339 e. The summed E-state index contributed by atoms with van der Waals surface area (Å²) in [4.78, 5) is 26.4. The molecule has 1 N–H and O–H groups in total. The summed E-state index contributed by atoms with van der Waals surface area (Å²) in [6.07, 6.45) is -1.14. The third-order valence-electron chi connectivity index (χ3n) is 4.26.